The highest BCUT2D eigenvalue weighted by atomic mass is 15.1. The minimum atomic E-state index is 0.303. The quantitative estimate of drug-likeness (QED) is 0.390. The van der Waals surface area contributed by atoms with E-state index in [1.807, 2.05) is 0 Å². The van der Waals surface area contributed by atoms with Gasteiger partial charge in [-0.05, 0) is 49.4 Å². The zero-order valence-electron chi connectivity index (χ0n) is 17.2. The molecule has 0 radical (unpaired) electrons. The molecule has 2 unspecified atom stereocenters. The first-order valence-corrected chi connectivity index (χ1v) is 10.1. The van der Waals surface area contributed by atoms with Crippen molar-refractivity contribution in [2.24, 2.45) is 17.3 Å². The van der Waals surface area contributed by atoms with E-state index in [1.165, 1.54) is 44.2 Å². The van der Waals surface area contributed by atoms with E-state index in [0.717, 1.165) is 13.0 Å². The molecule has 0 saturated heterocycles. The van der Waals surface area contributed by atoms with Crippen molar-refractivity contribution in [3.8, 4) is 0 Å². The summed E-state index contributed by atoms with van der Waals surface area (Å²) in [4.78, 5) is 2.41. The van der Waals surface area contributed by atoms with E-state index in [-0.39, 0.29) is 0 Å². The predicted octanol–water partition coefficient (Wildman–Crippen LogP) is 6.98. The van der Waals surface area contributed by atoms with Crippen molar-refractivity contribution >= 4 is 0 Å². The molecule has 0 saturated carbocycles. The molecule has 0 aromatic heterocycles. The van der Waals surface area contributed by atoms with Crippen molar-refractivity contribution in [3.05, 3.63) is 36.1 Å². The number of hydrogen-bond acceptors (Lipinski definition) is 1. The molecular weight excluding hydrogens is 290 g/mol. The van der Waals surface area contributed by atoms with Crippen LogP contribution in [0.15, 0.2) is 36.1 Å². The van der Waals surface area contributed by atoms with Crippen LogP contribution in [0.1, 0.15) is 79.6 Å². The fourth-order valence-electron chi connectivity index (χ4n) is 3.91. The Hall–Kier alpha value is -0.980. The second-order valence-electron chi connectivity index (χ2n) is 8.30. The van der Waals surface area contributed by atoms with E-state index in [0.29, 0.717) is 17.3 Å². The SMILES string of the molecule is C=C(C(C)CCCC)N(C)CCC(CC)C1=CCC=CCC1(C)C. The third kappa shape index (κ3) is 6.15. The van der Waals surface area contributed by atoms with Gasteiger partial charge in [-0.1, -0.05) is 77.8 Å². The van der Waals surface area contributed by atoms with E-state index >= 15 is 0 Å². The monoisotopic (exact) mass is 331 g/mol. The van der Waals surface area contributed by atoms with E-state index < -0.39 is 0 Å². The molecule has 0 aromatic carbocycles. The van der Waals surface area contributed by atoms with Gasteiger partial charge >= 0.3 is 0 Å². The molecule has 1 nitrogen and oxygen atoms in total. The first-order chi connectivity index (χ1) is 11.3. The van der Waals surface area contributed by atoms with Crippen molar-refractivity contribution in [2.75, 3.05) is 13.6 Å². The lowest BCUT2D eigenvalue weighted by atomic mass is 9.73. The fourth-order valence-corrected chi connectivity index (χ4v) is 3.91. The molecule has 0 spiro atoms. The molecule has 0 N–H and O–H groups in total. The summed E-state index contributed by atoms with van der Waals surface area (Å²) >= 11 is 0. The molecule has 0 aliphatic heterocycles. The first kappa shape index (κ1) is 21.1. The first-order valence-electron chi connectivity index (χ1n) is 10.1. The van der Waals surface area contributed by atoms with Crippen molar-refractivity contribution in [1.29, 1.82) is 0 Å². The lowest BCUT2D eigenvalue weighted by Crippen LogP contribution is -2.27. The second-order valence-corrected chi connectivity index (χ2v) is 8.30. The summed E-state index contributed by atoms with van der Waals surface area (Å²) < 4.78 is 0. The number of allylic oxidation sites excluding steroid dienone is 5. The summed E-state index contributed by atoms with van der Waals surface area (Å²) in [6.45, 7) is 17.2. The van der Waals surface area contributed by atoms with Crippen LogP contribution in [0.5, 0.6) is 0 Å². The predicted molar refractivity (Wildman–Crippen MR) is 109 cm³/mol. The fraction of sp³-hybridized carbons (Fsp3) is 0.739. The zero-order valence-corrected chi connectivity index (χ0v) is 17.2. The van der Waals surface area contributed by atoms with Crippen LogP contribution < -0.4 is 0 Å². The largest absolute Gasteiger partial charge is 0.378 e. The van der Waals surface area contributed by atoms with Crippen molar-refractivity contribution < 1.29 is 0 Å². The van der Waals surface area contributed by atoms with Gasteiger partial charge in [-0.15, -0.1) is 0 Å². The molecule has 2 atom stereocenters. The van der Waals surface area contributed by atoms with Crippen LogP contribution in [0.25, 0.3) is 0 Å². The van der Waals surface area contributed by atoms with E-state index in [9.17, 15) is 0 Å². The maximum absolute atomic E-state index is 4.37. The van der Waals surface area contributed by atoms with Gasteiger partial charge in [0.1, 0.15) is 0 Å². The molecule has 1 aliphatic rings. The van der Waals surface area contributed by atoms with E-state index in [2.05, 4.69) is 71.4 Å². The minimum Gasteiger partial charge on any atom is -0.378 e. The maximum Gasteiger partial charge on any atom is 0.0177 e. The van der Waals surface area contributed by atoms with E-state index in [4.69, 9.17) is 0 Å². The number of unbranched alkanes of at least 4 members (excludes halogenated alkanes) is 1. The normalized spacial score (nSPS) is 19.3. The minimum absolute atomic E-state index is 0.303. The summed E-state index contributed by atoms with van der Waals surface area (Å²) in [6.07, 6.45) is 15.8. The lowest BCUT2D eigenvalue weighted by molar-refractivity contribution is 0.306. The smallest absolute Gasteiger partial charge is 0.0177 e. The Bertz CT molecular complexity index is 441. The molecule has 138 valence electrons. The molecular formula is C23H41N. The molecule has 0 aromatic rings. The number of rotatable bonds is 10. The van der Waals surface area contributed by atoms with Crippen LogP contribution in [0.4, 0.5) is 0 Å². The topological polar surface area (TPSA) is 3.24 Å². The highest BCUT2D eigenvalue weighted by Crippen LogP contribution is 2.40. The number of nitrogens with zero attached hydrogens (tertiary/aromatic N) is 1. The lowest BCUT2D eigenvalue weighted by Gasteiger charge is -2.34. The van der Waals surface area contributed by atoms with Gasteiger partial charge in [-0.2, -0.15) is 0 Å². The molecule has 0 bridgehead atoms. The third-order valence-electron chi connectivity index (χ3n) is 5.85. The van der Waals surface area contributed by atoms with Crippen LogP contribution in [0, 0.1) is 17.3 Å². The van der Waals surface area contributed by atoms with Gasteiger partial charge in [-0.25, -0.2) is 0 Å². The van der Waals surface area contributed by atoms with Crippen LogP contribution in [0.3, 0.4) is 0 Å². The van der Waals surface area contributed by atoms with Crippen LogP contribution in [-0.4, -0.2) is 18.5 Å². The van der Waals surface area contributed by atoms with Crippen LogP contribution in [-0.2, 0) is 0 Å². The Morgan fingerprint density at radius 1 is 1.25 bits per heavy atom. The summed E-state index contributed by atoms with van der Waals surface area (Å²) in [5.41, 5.74) is 3.29. The summed E-state index contributed by atoms with van der Waals surface area (Å²) in [6, 6.07) is 0. The summed E-state index contributed by atoms with van der Waals surface area (Å²) in [5, 5.41) is 0. The summed E-state index contributed by atoms with van der Waals surface area (Å²) in [5.74, 6) is 1.30. The Balaban J connectivity index is 2.62. The van der Waals surface area contributed by atoms with Gasteiger partial charge in [0, 0.05) is 19.3 Å². The number of hydrogen-bond donors (Lipinski definition) is 0. The second kappa shape index (κ2) is 10.1. The van der Waals surface area contributed by atoms with Gasteiger partial charge in [0.25, 0.3) is 0 Å². The molecule has 0 fully saturated rings. The highest BCUT2D eigenvalue weighted by Gasteiger charge is 2.28. The van der Waals surface area contributed by atoms with Crippen molar-refractivity contribution in [3.63, 3.8) is 0 Å². The van der Waals surface area contributed by atoms with Crippen LogP contribution >= 0.6 is 0 Å². The van der Waals surface area contributed by atoms with Gasteiger partial charge in [-0.3, -0.25) is 0 Å². The molecule has 1 aliphatic carbocycles. The Morgan fingerprint density at radius 2 is 1.96 bits per heavy atom. The average Bonchev–Trinajstić information content (AvgIpc) is 2.73. The Labute approximate surface area is 151 Å². The van der Waals surface area contributed by atoms with Gasteiger partial charge in [0.2, 0.25) is 0 Å². The molecule has 1 heteroatoms. The van der Waals surface area contributed by atoms with E-state index in [1.54, 1.807) is 5.57 Å². The van der Waals surface area contributed by atoms with Crippen molar-refractivity contribution in [2.45, 2.75) is 79.6 Å². The molecule has 0 heterocycles. The zero-order chi connectivity index (χ0) is 18.2. The molecule has 1 rings (SSSR count). The van der Waals surface area contributed by atoms with Gasteiger partial charge < -0.3 is 4.90 Å². The standard InChI is InChI=1S/C23H41N/c1-8-10-14-19(3)20(4)24(7)18-16-21(9-2)22-15-12-11-13-17-23(22,5)6/h11,13,15,19,21H,4,8-10,12,14,16-18H2,1-3,5-7H3. The molecule has 24 heavy (non-hydrogen) atoms. The van der Waals surface area contributed by atoms with Gasteiger partial charge in [0.15, 0.2) is 0 Å². The Kier molecular flexibility index (Phi) is 8.87. The van der Waals surface area contributed by atoms with Crippen LogP contribution in [0.2, 0.25) is 0 Å². The average molecular weight is 332 g/mol. The highest BCUT2D eigenvalue weighted by molar-refractivity contribution is 5.21. The maximum atomic E-state index is 4.37. The summed E-state index contributed by atoms with van der Waals surface area (Å²) in [7, 11) is 2.23. The molecule has 0 amide bonds. The van der Waals surface area contributed by atoms with Crippen molar-refractivity contribution in [1.82, 2.24) is 4.90 Å². The Morgan fingerprint density at radius 3 is 2.58 bits per heavy atom. The van der Waals surface area contributed by atoms with Gasteiger partial charge in [0.05, 0.1) is 0 Å². The third-order valence-corrected chi connectivity index (χ3v) is 5.85.